The highest BCUT2D eigenvalue weighted by atomic mass is 35.5. The van der Waals surface area contributed by atoms with E-state index in [1.807, 2.05) is 40.1 Å². The van der Waals surface area contributed by atoms with E-state index in [0.29, 0.717) is 48.9 Å². The van der Waals surface area contributed by atoms with Gasteiger partial charge in [-0.3, -0.25) is 4.79 Å². The minimum atomic E-state index is -4.50. The molecule has 1 saturated heterocycles. The predicted octanol–water partition coefficient (Wildman–Crippen LogP) is 6.72. The Morgan fingerprint density at radius 3 is 2.26 bits per heavy atom. The first-order chi connectivity index (χ1) is 16.2. The molecule has 4 rings (SSSR count). The highest BCUT2D eigenvalue weighted by Gasteiger charge is 2.33. The van der Waals surface area contributed by atoms with E-state index in [4.69, 9.17) is 23.2 Å². The lowest BCUT2D eigenvalue weighted by atomic mass is 10.0. The van der Waals surface area contributed by atoms with Crippen molar-refractivity contribution in [3.8, 4) is 0 Å². The van der Waals surface area contributed by atoms with E-state index in [1.54, 1.807) is 24.3 Å². The van der Waals surface area contributed by atoms with E-state index in [2.05, 4.69) is 4.98 Å². The van der Waals surface area contributed by atoms with Crippen molar-refractivity contribution in [2.45, 2.75) is 31.6 Å². The lowest BCUT2D eigenvalue weighted by Crippen LogP contribution is -2.47. The largest absolute Gasteiger partial charge is 0.417 e. The highest BCUT2D eigenvalue weighted by Crippen LogP contribution is 2.34. The van der Waals surface area contributed by atoms with Crippen LogP contribution in [0.25, 0.3) is 0 Å². The number of pyridine rings is 1. The van der Waals surface area contributed by atoms with Crippen LogP contribution in [0.2, 0.25) is 10.0 Å². The number of amides is 1. The molecule has 1 aliphatic rings. The Kier molecular flexibility index (Phi) is 7.33. The molecule has 1 amide bonds. The molecule has 0 N–H and O–H groups in total. The van der Waals surface area contributed by atoms with Crippen LogP contribution in [0.15, 0.2) is 66.9 Å². The Morgan fingerprint density at radius 2 is 1.68 bits per heavy atom. The van der Waals surface area contributed by atoms with Crippen molar-refractivity contribution in [3.63, 3.8) is 0 Å². The van der Waals surface area contributed by atoms with E-state index in [0.717, 1.165) is 17.8 Å². The summed E-state index contributed by atoms with van der Waals surface area (Å²) >= 11 is 12.1. The zero-order chi connectivity index (χ0) is 24.3. The first-order valence-corrected chi connectivity index (χ1v) is 11.6. The fourth-order valence-electron chi connectivity index (χ4n) is 4.11. The second-order valence-corrected chi connectivity index (χ2v) is 9.01. The second-order valence-electron chi connectivity index (χ2n) is 8.17. The fraction of sp³-hybridized carbons (Fsp3) is 0.280. The van der Waals surface area contributed by atoms with E-state index < -0.39 is 11.7 Å². The van der Waals surface area contributed by atoms with Crippen molar-refractivity contribution in [2.24, 2.45) is 0 Å². The van der Waals surface area contributed by atoms with Gasteiger partial charge in [-0.15, -0.1) is 0 Å². The molecule has 34 heavy (non-hydrogen) atoms. The third-order valence-electron chi connectivity index (χ3n) is 5.90. The first-order valence-electron chi connectivity index (χ1n) is 10.8. The number of anilines is 1. The molecule has 1 aliphatic heterocycles. The maximum Gasteiger partial charge on any atom is 0.417 e. The van der Waals surface area contributed by atoms with Gasteiger partial charge in [0.15, 0.2) is 0 Å². The normalized spacial score (nSPS) is 14.8. The summed E-state index contributed by atoms with van der Waals surface area (Å²) in [6.07, 6.45) is -2.43. The summed E-state index contributed by atoms with van der Waals surface area (Å²) in [5, 5.41) is 0.520. The fourth-order valence-corrected chi connectivity index (χ4v) is 4.52. The van der Waals surface area contributed by atoms with Crippen LogP contribution >= 0.6 is 23.2 Å². The van der Waals surface area contributed by atoms with Crippen molar-refractivity contribution in [1.29, 1.82) is 0 Å². The van der Waals surface area contributed by atoms with Crippen LogP contribution in [-0.4, -0.2) is 34.9 Å². The van der Waals surface area contributed by atoms with Crippen molar-refractivity contribution < 1.29 is 18.0 Å². The van der Waals surface area contributed by atoms with E-state index in [-0.39, 0.29) is 17.0 Å². The molecule has 2 heterocycles. The minimum absolute atomic E-state index is 0.0355. The SMILES string of the molecule is O=C(c1ccc(Cl)cc1)N(Cc1ccccc1)C1CCN(c2ncc(C(F)(F)F)cc2Cl)CC1. The highest BCUT2D eigenvalue weighted by molar-refractivity contribution is 6.33. The first kappa shape index (κ1) is 24.4. The smallest absolute Gasteiger partial charge is 0.355 e. The van der Waals surface area contributed by atoms with Crippen molar-refractivity contribution in [1.82, 2.24) is 9.88 Å². The molecular weight excluding hydrogens is 486 g/mol. The lowest BCUT2D eigenvalue weighted by Gasteiger charge is -2.39. The molecule has 1 fully saturated rings. The molecule has 0 atom stereocenters. The number of alkyl halides is 3. The standard InChI is InChI=1S/C25H22Cl2F3N3O/c26-20-8-6-18(7-9-20)24(34)33(16-17-4-2-1-3-5-17)21-10-12-32(13-11-21)23-22(27)14-19(15-31-23)25(28,29)30/h1-9,14-15,21H,10-13,16H2. The van der Waals surface area contributed by atoms with Gasteiger partial charge in [-0.05, 0) is 48.7 Å². The van der Waals surface area contributed by atoms with Crippen LogP contribution in [-0.2, 0) is 12.7 Å². The van der Waals surface area contributed by atoms with E-state index >= 15 is 0 Å². The van der Waals surface area contributed by atoms with Gasteiger partial charge in [0.05, 0.1) is 10.6 Å². The molecule has 1 aromatic heterocycles. The summed E-state index contributed by atoms with van der Waals surface area (Å²) in [4.78, 5) is 21.1. The number of rotatable bonds is 5. The molecule has 9 heteroatoms. The predicted molar refractivity (Wildman–Crippen MR) is 127 cm³/mol. The Morgan fingerprint density at radius 1 is 1.03 bits per heavy atom. The molecule has 3 aromatic rings. The number of benzene rings is 2. The van der Waals surface area contributed by atoms with Crippen molar-refractivity contribution in [3.05, 3.63) is 93.6 Å². The number of hydrogen-bond donors (Lipinski definition) is 0. The van der Waals surface area contributed by atoms with Gasteiger partial charge in [0.2, 0.25) is 0 Å². The number of carbonyl (C=O) groups is 1. The molecule has 0 unspecified atom stereocenters. The second kappa shape index (κ2) is 10.2. The zero-order valence-electron chi connectivity index (χ0n) is 18.1. The van der Waals surface area contributed by atoms with Gasteiger partial charge < -0.3 is 9.80 Å². The Labute approximate surface area is 205 Å². The number of hydrogen-bond acceptors (Lipinski definition) is 3. The van der Waals surface area contributed by atoms with Crippen LogP contribution < -0.4 is 4.90 Å². The number of carbonyl (C=O) groups excluding carboxylic acids is 1. The zero-order valence-corrected chi connectivity index (χ0v) is 19.6. The number of halogens is 5. The Bertz CT molecular complexity index is 1130. The summed E-state index contributed by atoms with van der Waals surface area (Å²) in [7, 11) is 0. The number of piperidine rings is 1. The van der Waals surface area contributed by atoms with Crippen LogP contribution in [0.5, 0.6) is 0 Å². The number of nitrogens with zero attached hydrogens (tertiary/aromatic N) is 3. The third kappa shape index (κ3) is 5.65. The van der Waals surface area contributed by atoms with Crippen LogP contribution in [0.1, 0.15) is 34.3 Å². The summed E-state index contributed by atoms with van der Waals surface area (Å²) < 4.78 is 38.8. The molecule has 4 nitrogen and oxygen atoms in total. The van der Waals surface area contributed by atoms with E-state index in [9.17, 15) is 18.0 Å². The molecular formula is C25H22Cl2F3N3O. The minimum Gasteiger partial charge on any atom is -0.355 e. The topological polar surface area (TPSA) is 36.4 Å². The van der Waals surface area contributed by atoms with Gasteiger partial charge >= 0.3 is 6.18 Å². The van der Waals surface area contributed by atoms with Gasteiger partial charge in [0, 0.05) is 42.5 Å². The molecule has 178 valence electrons. The summed E-state index contributed by atoms with van der Waals surface area (Å²) in [5.41, 5.74) is 0.689. The van der Waals surface area contributed by atoms with Gasteiger partial charge in [-0.1, -0.05) is 53.5 Å². The molecule has 2 aromatic carbocycles. The Hall–Kier alpha value is -2.77. The van der Waals surface area contributed by atoms with Crippen LogP contribution in [0, 0.1) is 0 Å². The molecule has 0 bridgehead atoms. The van der Waals surface area contributed by atoms with Crippen LogP contribution in [0.3, 0.4) is 0 Å². The van der Waals surface area contributed by atoms with Gasteiger partial charge in [0.25, 0.3) is 5.91 Å². The van der Waals surface area contributed by atoms with Gasteiger partial charge in [-0.25, -0.2) is 4.98 Å². The van der Waals surface area contributed by atoms with E-state index in [1.165, 1.54) is 0 Å². The molecule has 0 aliphatic carbocycles. The molecule has 0 saturated carbocycles. The van der Waals surface area contributed by atoms with Crippen LogP contribution in [0.4, 0.5) is 19.0 Å². The average molecular weight is 508 g/mol. The monoisotopic (exact) mass is 507 g/mol. The summed E-state index contributed by atoms with van der Waals surface area (Å²) in [6, 6.07) is 17.4. The van der Waals surface area contributed by atoms with Gasteiger partial charge in [0.1, 0.15) is 5.82 Å². The number of aromatic nitrogens is 1. The molecule has 0 spiro atoms. The maximum absolute atomic E-state index is 13.4. The van der Waals surface area contributed by atoms with Crippen molar-refractivity contribution in [2.75, 3.05) is 18.0 Å². The Balaban J connectivity index is 1.51. The van der Waals surface area contributed by atoms with Crippen molar-refractivity contribution >= 4 is 34.9 Å². The summed E-state index contributed by atoms with van der Waals surface area (Å²) in [5.74, 6) is 0.233. The lowest BCUT2D eigenvalue weighted by molar-refractivity contribution is -0.137. The molecule has 0 radical (unpaired) electrons. The average Bonchev–Trinajstić information content (AvgIpc) is 2.83. The third-order valence-corrected chi connectivity index (χ3v) is 6.43. The maximum atomic E-state index is 13.4. The quantitative estimate of drug-likeness (QED) is 0.384. The summed E-state index contributed by atoms with van der Waals surface area (Å²) in [6.45, 7) is 1.48. The van der Waals surface area contributed by atoms with Gasteiger partial charge in [-0.2, -0.15) is 13.2 Å².